The van der Waals surface area contributed by atoms with Gasteiger partial charge in [0.2, 0.25) is 0 Å². The average molecular weight is 236 g/mol. The van der Waals surface area contributed by atoms with Gasteiger partial charge < -0.3 is 9.47 Å². The molecule has 3 heteroatoms. The van der Waals surface area contributed by atoms with Crippen molar-refractivity contribution in [2.24, 2.45) is 0 Å². The number of hydrogen-bond donors (Lipinski definition) is 0. The first kappa shape index (κ1) is 13.1. The Labute approximate surface area is 101 Å². The minimum atomic E-state index is -0.287. The van der Waals surface area contributed by atoms with Crippen molar-refractivity contribution in [3.8, 4) is 12.3 Å². The number of terminal acetylenes is 1. The SMILES string of the molecule is C#CCCSc1ccc(C(OC)OC)cc1. The van der Waals surface area contributed by atoms with Crippen molar-refractivity contribution in [1.29, 1.82) is 0 Å². The number of ether oxygens (including phenoxy) is 2. The van der Waals surface area contributed by atoms with E-state index in [1.807, 2.05) is 12.1 Å². The molecule has 1 aromatic carbocycles. The van der Waals surface area contributed by atoms with Gasteiger partial charge in [0.15, 0.2) is 6.29 Å². The zero-order valence-electron chi connectivity index (χ0n) is 9.60. The van der Waals surface area contributed by atoms with Crippen LogP contribution in [0.15, 0.2) is 29.2 Å². The predicted octanol–water partition coefficient (Wildman–Crippen LogP) is 3.09. The van der Waals surface area contributed by atoms with Gasteiger partial charge in [-0.15, -0.1) is 24.1 Å². The highest BCUT2D eigenvalue weighted by Crippen LogP contribution is 2.23. The maximum Gasteiger partial charge on any atom is 0.183 e. The quantitative estimate of drug-likeness (QED) is 0.327. The Kier molecular flexibility index (Phi) is 6.02. The molecule has 0 saturated carbocycles. The summed E-state index contributed by atoms with van der Waals surface area (Å²) in [6, 6.07) is 8.13. The largest absolute Gasteiger partial charge is 0.352 e. The van der Waals surface area contributed by atoms with Crippen LogP contribution in [-0.4, -0.2) is 20.0 Å². The highest BCUT2D eigenvalue weighted by atomic mass is 32.2. The van der Waals surface area contributed by atoms with Crippen LogP contribution in [0.5, 0.6) is 0 Å². The fraction of sp³-hybridized carbons (Fsp3) is 0.385. The van der Waals surface area contributed by atoms with Gasteiger partial charge in [-0.05, 0) is 12.1 Å². The Morgan fingerprint density at radius 2 is 1.88 bits per heavy atom. The first-order valence-corrected chi connectivity index (χ1v) is 6.02. The Balaban J connectivity index is 2.57. The van der Waals surface area contributed by atoms with Crippen molar-refractivity contribution in [3.05, 3.63) is 29.8 Å². The molecule has 1 aromatic rings. The van der Waals surface area contributed by atoms with Gasteiger partial charge >= 0.3 is 0 Å². The number of benzene rings is 1. The Hall–Kier alpha value is -0.950. The highest BCUT2D eigenvalue weighted by molar-refractivity contribution is 7.99. The zero-order chi connectivity index (χ0) is 11.8. The van der Waals surface area contributed by atoms with Crippen molar-refractivity contribution in [2.45, 2.75) is 17.6 Å². The molecule has 16 heavy (non-hydrogen) atoms. The summed E-state index contributed by atoms with van der Waals surface area (Å²) in [7, 11) is 3.26. The van der Waals surface area contributed by atoms with Crippen LogP contribution in [0.3, 0.4) is 0 Å². The van der Waals surface area contributed by atoms with E-state index in [1.54, 1.807) is 26.0 Å². The summed E-state index contributed by atoms with van der Waals surface area (Å²) in [5.74, 6) is 3.58. The molecule has 0 heterocycles. The number of thioether (sulfide) groups is 1. The summed E-state index contributed by atoms with van der Waals surface area (Å²) in [6.45, 7) is 0. The normalized spacial score (nSPS) is 10.4. The standard InChI is InChI=1S/C13H16O2S/c1-4-5-10-16-12-8-6-11(7-9-12)13(14-2)15-3/h1,6-9,13H,5,10H2,2-3H3. The fourth-order valence-electron chi connectivity index (χ4n) is 1.32. The van der Waals surface area contributed by atoms with Gasteiger partial charge in [0.05, 0.1) is 0 Å². The lowest BCUT2D eigenvalue weighted by atomic mass is 10.2. The molecule has 0 atom stereocenters. The van der Waals surface area contributed by atoms with Crippen LogP contribution < -0.4 is 0 Å². The molecule has 0 spiro atoms. The lowest BCUT2D eigenvalue weighted by Gasteiger charge is -2.13. The van der Waals surface area contributed by atoms with Crippen LogP contribution in [0.4, 0.5) is 0 Å². The minimum Gasteiger partial charge on any atom is -0.352 e. The van der Waals surface area contributed by atoms with Crippen molar-refractivity contribution >= 4 is 11.8 Å². The Morgan fingerprint density at radius 3 is 2.38 bits per heavy atom. The Morgan fingerprint density at radius 1 is 1.25 bits per heavy atom. The molecule has 1 rings (SSSR count). The highest BCUT2D eigenvalue weighted by Gasteiger charge is 2.07. The molecule has 0 saturated heterocycles. The molecule has 0 bridgehead atoms. The van der Waals surface area contributed by atoms with Crippen molar-refractivity contribution < 1.29 is 9.47 Å². The maximum absolute atomic E-state index is 5.20. The number of methoxy groups -OCH3 is 2. The smallest absolute Gasteiger partial charge is 0.183 e. The molecule has 0 aliphatic rings. The topological polar surface area (TPSA) is 18.5 Å². The molecular weight excluding hydrogens is 220 g/mol. The molecule has 0 N–H and O–H groups in total. The summed E-state index contributed by atoms with van der Waals surface area (Å²) in [4.78, 5) is 1.21. The van der Waals surface area contributed by atoms with Gasteiger partial charge in [-0.3, -0.25) is 0 Å². The molecule has 0 amide bonds. The molecule has 0 unspecified atom stereocenters. The number of hydrogen-bond acceptors (Lipinski definition) is 3. The second kappa shape index (κ2) is 7.34. The van der Waals surface area contributed by atoms with Gasteiger partial charge in [0.1, 0.15) is 0 Å². The summed E-state index contributed by atoms with van der Waals surface area (Å²) in [6.07, 6.45) is 5.71. The third kappa shape index (κ3) is 3.90. The van der Waals surface area contributed by atoms with E-state index in [-0.39, 0.29) is 6.29 Å². The molecule has 0 radical (unpaired) electrons. The molecule has 2 nitrogen and oxygen atoms in total. The third-order valence-electron chi connectivity index (χ3n) is 2.10. The van der Waals surface area contributed by atoms with Gasteiger partial charge in [0, 0.05) is 36.9 Å². The van der Waals surface area contributed by atoms with Gasteiger partial charge in [0.25, 0.3) is 0 Å². The molecular formula is C13H16O2S. The van der Waals surface area contributed by atoms with Crippen LogP contribution in [0.2, 0.25) is 0 Å². The van der Waals surface area contributed by atoms with Gasteiger partial charge in [-0.2, -0.15) is 0 Å². The van der Waals surface area contributed by atoms with Crippen LogP contribution in [0, 0.1) is 12.3 Å². The van der Waals surface area contributed by atoms with Crippen LogP contribution in [-0.2, 0) is 9.47 Å². The lowest BCUT2D eigenvalue weighted by molar-refractivity contribution is -0.106. The van der Waals surface area contributed by atoms with Crippen molar-refractivity contribution in [2.75, 3.05) is 20.0 Å². The summed E-state index contributed by atoms with van der Waals surface area (Å²) in [5, 5.41) is 0. The third-order valence-corrected chi connectivity index (χ3v) is 3.11. The van der Waals surface area contributed by atoms with Crippen LogP contribution >= 0.6 is 11.8 Å². The lowest BCUT2D eigenvalue weighted by Crippen LogP contribution is -2.02. The van der Waals surface area contributed by atoms with E-state index in [1.165, 1.54) is 4.90 Å². The predicted molar refractivity (Wildman–Crippen MR) is 67.4 cm³/mol. The number of rotatable bonds is 6. The fourth-order valence-corrected chi connectivity index (χ4v) is 2.10. The second-order valence-corrected chi connectivity index (χ2v) is 4.34. The molecule has 86 valence electrons. The summed E-state index contributed by atoms with van der Waals surface area (Å²) in [5.41, 5.74) is 1.02. The first-order chi connectivity index (χ1) is 7.81. The zero-order valence-corrected chi connectivity index (χ0v) is 10.4. The maximum atomic E-state index is 5.20. The molecule has 0 aromatic heterocycles. The molecule has 0 aliphatic heterocycles. The first-order valence-electron chi connectivity index (χ1n) is 5.03. The van der Waals surface area contributed by atoms with E-state index in [0.717, 1.165) is 17.7 Å². The summed E-state index contributed by atoms with van der Waals surface area (Å²) >= 11 is 1.76. The summed E-state index contributed by atoms with van der Waals surface area (Å²) < 4.78 is 10.3. The Bertz CT molecular complexity index is 336. The van der Waals surface area contributed by atoms with E-state index < -0.39 is 0 Å². The van der Waals surface area contributed by atoms with E-state index in [4.69, 9.17) is 15.9 Å². The van der Waals surface area contributed by atoms with Crippen LogP contribution in [0.1, 0.15) is 18.3 Å². The van der Waals surface area contributed by atoms with E-state index in [9.17, 15) is 0 Å². The van der Waals surface area contributed by atoms with E-state index in [0.29, 0.717) is 0 Å². The van der Waals surface area contributed by atoms with Gasteiger partial charge in [-0.1, -0.05) is 12.1 Å². The van der Waals surface area contributed by atoms with Crippen molar-refractivity contribution in [1.82, 2.24) is 0 Å². The van der Waals surface area contributed by atoms with Gasteiger partial charge in [-0.25, -0.2) is 0 Å². The van der Waals surface area contributed by atoms with Crippen LogP contribution in [0.25, 0.3) is 0 Å². The average Bonchev–Trinajstić information content (AvgIpc) is 2.33. The van der Waals surface area contributed by atoms with E-state index >= 15 is 0 Å². The molecule has 0 fully saturated rings. The minimum absolute atomic E-state index is 0.287. The monoisotopic (exact) mass is 236 g/mol. The molecule has 0 aliphatic carbocycles. The van der Waals surface area contributed by atoms with E-state index in [2.05, 4.69) is 18.1 Å². The van der Waals surface area contributed by atoms with Crippen molar-refractivity contribution in [3.63, 3.8) is 0 Å². The second-order valence-electron chi connectivity index (χ2n) is 3.17.